The summed E-state index contributed by atoms with van der Waals surface area (Å²) in [6, 6.07) is 4.39. The molecule has 1 aliphatic heterocycles. The van der Waals surface area contributed by atoms with Crippen LogP contribution in [0.5, 0.6) is 0 Å². The van der Waals surface area contributed by atoms with E-state index in [0.29, 0.717) is 18.7 Å². The minimum atomic E-state index is -0.407. The molecule has 2 rings (SSSR count). The van der Waals surface area contributed by atoms with Crippen LogP contribution in [0, 0.1) is 5.82 Å². The van der Waals surface area contributed by atoms with Gasteiger partial charge in [-0.05, 0) is 43.5 Å². The second kappa shape index (κ2) is 6.19. The van der Waals surface area contributed by atoms with Crippen LogP contribution in [0.2, 0.25) is 0 Å². The molecule has 1 unspecified atom stereocenters. The van der Waals surface area contributed by atoms with E-state index in [9.17, 15) is 4.39 Å². The Morgan fingerprint density at radius 2 is 2.35 bits per heavy atom. The third-order valence-corrected chi connectivity index (χ3v) is 3.52. The average molecular weight is 281 g/mol. The van der Waals surface area contributed by atoms with Crippen molar-refractivity contribution in [2.75, 3.05) is 13.2 Å². The monoisotopic (exact) mass is 281 g/mol. The van der Waals surface area contributed by atoms with E-state index in [2.05, 4.69) is 17.4 Å². The van der Waals surface area contributed by atoms with E-state index in [1.165, 1.54) is 12.1 Å². The largest absolute Gasteiger partial charge is 0.409 e. The lowest BCUT2D eigenvalue weighted by Crippen LogP contribution is -2.48. The van der Waals surface area contributed by atoms with Gasteiger partial charge in [0.05, 0.1) is 6.61 Å². The first kappa shape index (κ1) is 14.7. The maximum atomic E-state index is 13.5. The number of ether oxygens (including phenoxy) is 1. The van der Waals surface area contributed by atoms with Gasteiger partial charge in [-0.3, -0.25) is 0 Å². The molecule has 1 atom stereocenters. The molecule has 6 heteroatoms. The molecule has 0 saturated carbocycles. The Bertz CT molecular complexity index is 499. The fourth-order valence-corrected chi connectivity index (χ4v) is 2.35. The van der Waals surface area contributed by atoms with E-state index >= 15 is 0 Å². The van der Waals surface area contributed by atoms with Crippen LogP contribution >= 0.6 is 0 Å². The molecule has 5 nitrogen and oxygen atoms in total. The first-order chi connectivity index (χ1) is 9.52. The quantitative estimate of drug-likeness (QED) is 0.339. The summed E-state index contributed by atoms with van der Waals surface area (Å²) >= 11 is 0. The highest BCUT2D eigenvalue weighted by molar-refractivity contribution is 5.97. The molecule has 1 fully saturated rings. The number of nitrogens with two attached hydrogens (primary N) is 1. The van der Waals surface area contributed by atoms with Crippen molar-refractivity contribution in [3.8, 4) is 0 Å². The predicted octanol–water partition coefficient (Wildman–Crippen LogP) is 1.58. The topological polar surface area (TPSA) is 79.9 Å². The molecule has 1 aromatic carbocycles. The molecule has 1 aromatic rings. The SMILES string of the molecule is CC1(NCc2cc(F)cc(/C(N)=N/O)c2)CCCOC1. The van der Waals surface area contributed by atoms with Gasteiger partial charge in [0.25, 0.3) is 0 Å². The Morgan fingerprint density at radius 3 is 3.00 bits per heavy atom. The van der Waals surface area contributed by atoms with Gasteiger partial charge in [-0.2, -0.15) is 0 Å². The summed E-state index contributed by atoms with van der Waals surface area (Å²) in [4.78, 5) is 0. The molecule has 0 radical (unpaired) electrons. The molecule has 0 spiro atoms. The molecule has 1 saturated heterocycles. The van der Waals surface area contributed by atoms with Crippen molar-refractivity contribution in [3.05, 3.63) is 35.1 Å². The van der Waals surface area contributed by atoms with E-state index < -0.39 is 5.82 Å². The van der Waals surface area contributed by atoms with Crippen LogP contribution in [0.3, 0.4) is 0 Å². The number of hydrogen-bond acceptors (Lipinski definition) is 4. The lowest BCUT2D eigenvalue weighted by molar-refractivity contribution is 0.0278. The summed E-state index contributed by atoms with van der Waals surface area (Å²) in [5, 5.41) is 14.9. The van der Waals surface area contributed by atoms with E-state index in [0.717, 1.165) is 25.0 Å². The summed E-state index contributed by atoms with van der Waals surface area (Å²) in [6.07, 6.45) is 2.04. The van der Waals surface area contributed by atoms with Gasteiger partial charge in [0.15, 0.2) is 5.84 Å². The molecular weight excluding hydrogens is 261 g/mol. The zero-order chi connectivity index (χ0) is 14.6. The van der Waals surface area contributed by atoms with Crippen molar-refractivity contribution in [3.63, 3.8) is 0 Å². The number of nitrogens with zero attached hydrogens (tertiary/aromatic N) is 1. The van der Waals surface area contributed by atoms with Crippen LogP contribution in [0.4, 0.5) is 4.39 Å². The van der Waals surface area contributed by atoms with Crippen LogP contribution in [-0.2, 0) is 11.3 Å². The van der Waals surface area contributed by atoms with Crippen molar-refractivity contribution in [1.82, 2.24) is 5.32 Å². The van der Waals surface area contributed by atoms with Crippen LogP contribution in [0.1, 0.15) is 30.9 Å². The van der Waals surface area contributed by atoms with E-state index in [1.54, 1.807) is 6.07 Å². The summed E-state index contributed by atoms with van der Waals surface area (Å²) in [5.41, 5.74) is 6.51. The van der Waals surface area contributed by atoms with Gasteiger partial charge < -0.3 is 21.0 Å². The Kier molecular flexibility index (Phi) is 4.57. The zero-order valence-electron chi connectivity index (χ0n) is 11.5. The van der Waals surface area contributed by atoms with Crippen molar-refractivity contribution in [2.24, 2.45) is 10.9 Å². The van der Waals surface area contributed by atoms with E-state index in [4.69, 9.17) is 15.7 Å². The highest BCUT2D eigenvalue weighted by atomic mass is 19.1. The molecule has 1 heterocycles. The van der Waals surface area contributed by atoms with Gasteiger partial charge >= 0.3 is 0 Å². The number of nitrogens with one attached hydrogen (secondary N) is 1. The molecule has 0 aliphatic carbocycles. The van der Waals surface area contributed by atoms with Crippen molar-refractivity contribution < 1.29 is 14.3 Å². The van der Waals surface area contributed by atoms with Gasteiger partial charge in [-0.15, -0.1) is 0 Å². The van der Waals surface area contributed by atoms with E-state index in [1.807, 2.05) is 0 Å². The number of amidine groups is 1. The maximum absolute atomic E-state index is 13.5. The summed E-state index contributed by atoms with van der Waals surface area (Å²) in [6.45, 7) is 4.04. The summed E-state index contributed by atoms with van der Waals surface area (Å²) < 4.78 is 19.0. The minimum Gasteiger partial charge on any atom is -0.409 e. The second-order valence-electron chi connectivity index (χ2n) is 5.40. The second-order valence-corrected chi connectivity index (χ2v) is 5.40. The fourth-order valence-electron chi connectivity index (χ4n) is 2.35. The Hall–Kier alpha value is -1.66. The van der Waals surface area contributed by atoms with Crippen molar-refractivity contribution in [1.29, 1.82) is 0 Å². The van der Waals surface area contributed by atoms with Gasteiger partial charge in [0.1, 0.15) is 5.82 Å². The molecule has 0 bridgehead atoms. The maximum Gasteiger partial charge on any atom is 0.170 e. The lowest BCUT2D eigenvalue weighted by atomic mass is 9.94. The van der Waals surface area contributed by atoms with Crippen molar-refractivity contribution >= 4 is 5.84 Å². The number of oxime groups is 1. The highest BCUT2D eigenvalue weighted by Gasteiger charge is 2.26. The smallest absolute Gasteiger partial charge is 0.170 e. The van der Waals surface area contributed by atoms with Gasteiger partial charge in [-0.25, -0.2) is 4.39 Å². The Labute approximate surface area is 117 Å². The van der Waals surface area contributed by atoms with Gasteiger partial charge in [-0.1, -0.05) is 5.16 Å². The van der Waals surface area contributed by atoms with Crippen LogP contribution in [0.15, 0.2) is 23.4 Å². The van der Waals surface area contributed by atoms with Crippen molar-refractivity contribution in [2.45, 2.75) is 31.8 Å². The van der Waals surface area contributed by atoms with Crippen LogP contribution in [0.25, 0.3) is 0 Å². The van der Waals surface area contributed by atoms with E-state index in [-0.39, 0.29) is 11.4 Å². The molecule has 4 N–H and O–H groups in total. The minimum absolute atomic E-state index is 0.0959. The molecule has 0 amide bonds. The first-order valence-corrected chi connectivity index (χ1v) is 6.62. The molecule has 20 heavy (non-hydrogen) atoms. The van der Waals surface area contributed by atoms with Gasteiger partial charge in [0, 0.05) is 24.3 Å². The van der Waals surface area contributed by atoms with Crippen LogP contribution < -0.4 is 11.1 Å². The highest BCUT2D eigenvalue weighted by Crippen LogP contribution is 2.19. The van der Waals surface area contributed by atoms with Crippen LogP contribution in [-0.4, -0.2) is 29.8 Å². The molecule has 0 aromatic heterocycles. The third kappa shape index (κ3) is 3.68. The third-order valence-electron chi connectivity index (χ3n) is 3.52. The fraction of sp³-hybridized carbons (Fsp3) is 0.500. The first-order valence-electron chi connectivity index (χ1n) is 6.62. The number of hydrogen-bond donors (Lipinski definition) is 3. The number of halogens is 1. The Balaban J connectivity index is 2.07. The molecular formula is C14H20FN3O2. The van der Waals surface area contributed by atoms with Gasteiger partial charge in [0.2, 0.25) is 0 Å². The standard InChI is InChI=1S/C14H20FN3O2/c1-14(3-2-4-20-9-14)17-8-10-5-11(13(16)18-19)7-12(15)6-10/h5-7,17,19H,2-4,8-9H2,1H3,(H2,16,18). The lowest BCUT2D eigenvalue weighted by Gasteiger charge is -2.34. The molecule has 1 aliphatic rings. The summed E-state index contributed by atoms with van der Waals surface area (Å²) in [7, 11) is 0. The molecule has 110 valence electrons. The Morgan fingerprint density at radius 1 is 1.55 bits per heavy atom. The predicted molar refractivity (Wildman–Crippen MR) is 74.2 cm³/mol. The zero-order valence-corrected chi connectivity index (χ0v) is 11.5. The number of benzene rings is 1. The summed E-state index contributed by atoms with van der Waals surface area (Å²) in [5.74, 6) is -0.506. The average Bonchev–Trinajstić information content (AvgIpc) is 2.45. The normalized spacial score (nSPS) is 23.8. The number of rotatable bonds is 4.